The number of carbonyl (C=O) groups is 3. The number of amides is 2. The van der Waals surface area contributed by atoms with E-state index in [0.717, 1.165) is 6.42 Å². The van der Waals surface area contributed by atoms with Gasteiger partial charge in [0.05, 0.1) is 25.5 Å². The van der Waals surface area contributed by atoms with Gasteiger partial charge in [-0.15, -0.1) is 0 Å². The lowest BCUT2D eigenvalue weighted by molar-refractivity contribution is -0.140. The average Bonchev–Trinajstić information content (AvgIpc) is 3.25. The number of ether oxygens (including phenoxy) is 1. The minimum atomic E-state index is -0.736. The number of hydrogen-bond acceptors (Lipinski definition) is 6. The Bertz CT molecular complexity index is 724. The molecule has 1 aromatic heterocycles. The molecule has 1 N–H and O–H groups in total. The highest BCUT2D eigenvalue weighted by atomic mass is 16.5. The van der Waals surface area contributed by atoms with E-state index in [1.165, 1.54) is 12.5 Å². The normalized spacial score (nSPS) is 16.8. The second-order valence-corrected chi connectivity index (χ2v) is 9.53. The molecule has 1 aliphatic heterocycles. The molecule has 8 heteroatoms. The molecule has 0 bridgehead atoms. The highest BCUT2D eigenvalue weighted by molar-refractivity contribution is 5.99. The van der Waals surface area contributed by atoms with E-state index in [-0.39, 0.29) is 35.3 Å². The van der Waals surface area contributed by atoms with E-state index in [1.807, 2.05) is 6.92 Å². The lowest BCUT2D eigenvalue weighted by atomic mass is 9.75. The number of hydrogen-bond donors (Lipinski definition) is 1. The van der Waals surface area contributed by atoms with Crippen LogP contribution >= 0.6 is 0 Å². The molecule has 0 aromatic carbocycles. The average molecular weight is 436 g/mol. The molecule has 31 heavy (non-hydrogen) atoms. The molecule has 0 saturated carbocycles. The van der Waals surface area contributed by atoms with Crippen molar-refractivity contribution in [2.75, 3.05) is 26.3 Å². The smallest absolute Gasteiger partial charge is 0.265 e. The van der Waals surface area contributed by atoms with E-state index in [9.17, 15) is 14.4 Å². The summed E-state index contributed by atoms with van der Waals surface area (Å²) >= 11 is 0. The Morgan fingerprint density at radius 1 is 1.19 bits per heavy atom. The van der Waals surface area contributed by atoms with Crippen molar-refractivity contribution < 1.29 is 23.5 Å². The van der Waals surface area contributed by atoms with Crippen molar-refractivity contribution >= 4 is 17.6 Å². The summed E-state index contributed by atoms with van der Waals surface area (Å²) in [5.74, 6) is -0.742. The molecular formula is C23H37N3O5. The number of ketones is 1. The van der Waals surface area contributed by atoms with Crippen LogP contribution in [0.4, 0.5) is 0 Å². The minimum Gasteiger partial charge on any atom is -0.442 e. The molecule has 1 aliphatic rings. The van der Waals surface area contributed by atoms with Gasteiger partial charge in [0.1, 0.15) is 6.26 Å². The Morgan fingerprint density at radius 2 is 1.87 bits per heavy atom. The number of oxazole rings is 1. The molecular weight excluding hydrogens is 398 g/mol. The largest absolute Gasteiger partial charge is 0.442 e. The van der Waals surface area contributed by atoms with E-state index >= 15 is 0 Å². The zero-order valence-corrected chi connectivity index (χ0v) is 19.5. The highest BCUT2D eigenvalue weighted by Gasteiger charge is 2.34. The Balaban J connectivity index is 2.13. The van der Waals surface area contributed by atoms with Gasteiger partial charge >= 0.3 is 0 Å². The van der Waals surface area contributed by atoms with Crippen LogP contribution in [0.5, 0.6) is 0 Å². The molecule has 0 aliphatic carbocycles. The predicted molar refractivity (Wildman–Crippen MR) is 116 cm³/mol. The van der Waals surface area contributed by atoms with Crippen LogP contribution in [0.25, 0.3) is 0 Å². The van der Waals surface area contributed by atoms with Crippen LogP contribution in [0.15, 0.2) is 16.9 Å². The Morgan fingerprint density at radius 3 is 2.42 bits per heavy atom. The first kappa shape index (κ1) is 25.0. The second-order valence-electron chi connectivity index (χ2n) is 9.53. The summed E-state index contributed by atoms with van der Waals surface area (Å²) in [6.45, 7) is 12.5. The van der Waals surface area contributed by atoms with Crippen molar-refractivity contribution in [1.82, 2.24) is 15.2 Å². The topological polar surface area (TPSA) is 102 Å². The number of morpholine rings is 1. The lowest BCUT2D eigenvalue weighted by Crippen LogP contribution is -2.47. The van der Waals surface area contributed by atoms with E-state index in [0.29, 0.717) is 45.1 Å². The van der Waals surface area contributed by atoms with Gasteiger partial charge in [-0.05, 0) is 30.6 Å². The van der Waals surface area contributed by atoms with Crippen molar-refractivity contribution in [3.05, 3.63) is 18.4 Å². The number of carbonyl (C=O) groups excluding carboxylic acids is 3. The molecule has 0 unspecified atom stereocenters. The molecule has 0 radical (unpaired) electrons. The predicted octanol–water partition coefficient (Wildman–Crippen LogP) is 3.08. The van der Waals surface area contributed by atoms with Gasteiger partial charge in [-0.3, -0.25) is 14.4 Å². The van der Waals surface area contributed by atoms with Crippen LogP contribution in [0.2, 0.25) is 0 Å². The van der Waals surface area contributed by atoms with Gasteiger partial charge in [-0.1, -0.05) is 34.6 Å². The summed E-state index contributed by atoms with van der Waals surface area (Å²) < 4.78 is 10.4. The maximum absolute atomic E-state index is 13.3. The van der Waals surface area contributed by atoms with Crippen molar-refractivity contribution in [1.29, 1.82) is 0 Å². The molecule has 2 heterocycles. The van der Waals surface area contributed by atoms with Crippen LogP contribution in [-0.4, -0.2) is 59.8 Å². The molecule has 0 spiro atoms. The highest BCUT2D eigenvalue weighted by Crippen LogP contribution is 2.34. The first-order valence-corrected chi connectivity index (χ1v) is 11.2. The van der Waals surface area contributed by atoms with Gasteiger partial charge in [0.15, 0.2) is 0 Å². The van der Waals surface area contributed by atoms with Gasteiger partial charge in [0.2, 0.25) is 17.6 Å². The van der Waals surface area contributed by atoms with Gasteiger partial charge < -0.3 is 19.4 Å². The first-order chi connectivity index (χ1) is 14.6. The molecule has 2 atom stereocenters. The number of nitrogens with one attached hydrogen (secondary N) is 1. The van der Waals surface area contributed by atoms with E-state index in [2.05, 4.69) is 38.0 Å². The molecule has 2 amide bonds. The standard InChI is InChI=1S/C23H37N3O5/c1-6-18(20(28)22-24-7-10-31-22)25-21(29)17(15-23(4,5)14-16(2)3)13-19(27)26-8-11-30-12-9-26/h7,10,16-18H,6,8-9,11-15H2,1-5H3,(H,25,29)/t17-,18-/m0/s1. The fourth-order valence-electron chi connectivity index (χ4n) is 4.40. The summed E-state index contributed by atoms with van der Waals surface area (Å²) in [6, 6.07) is -0.736. The van der Waals surface area contributed by atoms with Crippen molar-refractivity contribution in [3.63, 3.8) is 0 Å². The second kappa shape index (κ2) is 11.4. The third-order valence-electron chi connectivity index (χ3n) is 5.60. The molecule has 8 nitrogen and oxygen atoms in total. The Labute approximate surface area is 185 Å². The van der Waals surface area contributed by atoms with Gasteiger partial charge in [-0.2, -0.15) is 0 Å². The number of Topliss-reactive ketones (excluding diaryl/α,β-unsaturated/α-hetero) is 1. The van der Waals surface area contributed by atoms with Crippen LogP contribution in [0.1, 0.15) is 71.0 Å². The van der Waals surface area contributed by atoms with Crippen molar-refractivity contribution in [2.45, 2.75) is 66.3 Å². The van der Waals surface area contributed by atoms with Gasteiger partial charge in [0.25, 0.3) is 5.89 Å². The SMILES string of the molecule is CC[C@H](NC(=O)[C@@H](CC(=O)N1CCOCC1)CC(C)(C)CC(C)C)C(=O)c1ncco1. The monoisotopic (exact) mass is 435 g/mol. The van der Waals surface area contributed by atoms with Crippen molar-refractivity contribution in [2.24, 2.45) is 17.3 Å². The summed E-state index contributed by atoms with van der Waals surface area (Å²) in [4.78, 5) is 44.4. The zero-order valence-electron chi connectivity index (χ0n) is 19.5. The minimum absolute atomic E-state index is 0.0202. The summed E-state index contributed by atoms with van der Waals surface area (Å²) in [5.41, 5.74) is -0.115. The van der Waals surface area contributed by atoms with E-state index in [4.69, 9.17) is 9.15 Å². The first-order valence-electron chi connectivity index (χ1n) is 11.2. The Hall–Kier alpha value is -2.22. The third-order valence-corrected chi connectivity index (χ3v) is 5.60. The summed E-state index contributed by atoms with van der Waals surface area (Å²) in [5, 5.41) is 2.86. The number of aromatic nitrogens is 1. The van der Waals surface area contributed by atoms with Crippen LogP contribution in [0.3, 0.4) is 0 Å². The van der Waals surface area contributed by atoms with Gasteiger partial charge in [-0.25, -0.2) is 4.98 Å². The summed E-state index contributed by atoms with van der Waals surface area (Å²) in [6.07, 6.45) is 4.77. The molecule has 174 valence electrons. The van der Waals surface area contributed by atoms with Crippen molar-refractivity contribution in [3.8, 4) is 0 Å². The van der Waals surface area contributed by atoms with E-state index < -0.39 is 12.0 Å². The van der Waals surface area contributed by atoms with Crippen LogP contribution in [-0.2, 0) is 14.3 Å². The number of nitrogens with zero attached hydrogens (tertiary/aromatic N) is 2. The molecule has 2 rings (SSSR count). The van der Waals surface area contributed by atoms with Crippen LogP contribution < -0.4 is 5.32 Å². The maximum atomic E-state index is 13.3. The number of rotatable bonds is 11. The fraction of sp³-hybridized carbons (Fsp3) is 0.739. The summed E-state index contributed by atoms with van der Waals surface area (Å²) in [7, 11) is 0. The fourth-order valence-corrected chi connectivity index (χ4v) is 4.40. The molecule has 1 aromatic rings. The maximum Gasteiger partial charge on any atom is 0.265 e. The molecule has 1 saturated heterocycles. The third kappa shape index (κ3) is 7.76. The quantitative estimate of drug-likeness (QED) is 0.536. The van der Waals surface area contributed by atoms with Gasteiger partial charge in [0, 0.05) is 25.4 Å². The van der Waals surface area contributed by atoms with Crippen LogP contribution in [0, 0.1) is 17.3 Å². The molecule has 1 fully saturated rings. The lowest BCUT2D eigenvalue weighted by Gasteiger charge is -2.33. The zero-order chi connectivity index (χ0) is 23.0. The Kier molecular flexibility index (Phi) is 9.22. The van der Waals surface area contributed by atoms with E-state index in [1.54, 1.807) is 4.90 Å².